The van der Waals surface area contributed by atoms with Crippen LogP contribution in [0.5, 0.6) is 5.75 Å². The average molecular weight is 616 g/mol. The lowest BCUT2D eigenvalue weighted by molar-refractivity contribution is -0.143. The van der Waals surface area contributed by atoms with Gasteiger partial charge in [0.2, 0.25) is 0 Å². The molecular formula is C32H27F6N3O3. The van der Waals surface area contributed by atoms with Gasteiger partial charge in [0.05, 0.1) is 29.5 Å². The first kappa shape index (κ1) is 30.7. The zero-order valence-corrected chi connectivity index (χ0v) is 23.7. The van der Waals surface area contributed by atoms with Gasteiger partial charge in [-0.2, -0.15) is 26.3 Å². The van der Waals surface area contributed by atoms with Gasteiger partial charge in [0, 0.05) is 43.1 Å². The highest BCUT2D eigenvalue weighted by atomic mass is 19.4. The smallest absolute Gasteiger partial charge is 0.416 e. The Hall–Kier alpha value is -4.74. The summed E-state index contributed by atoms with van der Waals surface area (Å²) in [4.78, 5) is 29.5. The van der Waals surface area contributed by atoms with Crippen LogP contribution in [0.2, 0.25) is 0 Å². The maximum Gasteiger partial charge on any atom is 0.416 e. The van der Waals surface area contributed by atoms with Crippen molar-refractivity contribution in [3.8, 4) is 22.7 Å². The van der Waals surface area contributed by atoms with E-state index in [4.69, 9.17) is 4.74 Å². The number of methoxy groups -OCH3 is 1. The van der Waals surface area contributed by atoms with E-state index >= 15 is 0 Å². The number of carbonyl (C=O) groups excluding carboxylic acids is 2. The van der Waals surface area contributed by atoms with Crippen LogP contribution in [0.1, 0.15) is 37.5 Å². The van der Waals surface area contributed by atoms with Gasteiger partial charge >= 0.3 is 12.4 Å². The highest BCUT2D eigenvalue weighted by Gasteiger charge is 2.38. The van der Waals surface area contributed by atoms with Gasteiger partial charge in [0.25, 0.3) is 11.8 Å². The van der Waals surface area contributed by atoms with Crippen molar-refractivity contribution in [2.75, 3.05) is 33.3 Å². The van der Waals surface area contributed by atoms with Crippen LogP contribution in [0, 0.1) is 6.92 Å². The van der Waals surface area contributed by atoms with Crippen LogP contribution in [0.4, 0.5) is 26.3 Å². The zero-order valence-electron chi connectivity index (χ0n) is 23.7. The molecule has 1 aromatic heterocycles. The van der Waals surface area contributed by atoms with Gasteiger partial charge in [-0.05, 0) is 73.2 Å². The predicted molar refractivity (Wildman–Crippen MR) is 151 cm³/mol. The molecule has 2 heterocycles. The Morgan fingerprint density at radius 2 is 1.23 bits per heavy atom. The quantitative estimate of drug-likeness (QED) is 0.225. The largest absolute Gasteiger partial charge is 0.497 e. The third-order valence-electron chi connectivity index (χ3n) is 7.57. The molecule has 1 aliphatic rings. The first-order valence-corrected chi connectivity index (χ1v) is 13.6. The minimum absolute atomic E-state index is 0.0164. The van der Waals surface area contributed by atoms with Crippen LogP contribution in [-0.4, -0.2) is 59.5 Å². The Morgan fingerprint density at radius 3 is 1.73 bits per heavy atom. The number of aromatic nitrogens is 1. The number of rotatable bonds is 5. The second kappa shape index (κ2) is 11.7. The van der Waals surface area contributed by atoms with Crippen molar-refractivity contribution in [1.29, 1.82) is 0 Å². The molecule has 3 aromatic carbocycles. The Balaban J connectivity index is 1.39. The number of carbonyl (C=O) groups is 2. The number of benzene rings is 3. The number of halogens is 6. The van der Waals surface area contributed by atoms with E-state index < -0.39 is 35.0 Å². The molecule has 12 heteroatoms. The Bertz CT molecular complexity index is 1640. The van der Waals surface area contributed by atoms with Crippen molar-refractivity contribution in [3.05, 3.63) is 107 Å². The normalized spacial score (nSPS) is 14.1. The van der Waals surface area contributed by atoms with E-state index in [2.05, 4.69) is 0 Å². The van der Waals surface area contributed by atoms with Crippen molar-refractivity contribution in [2.45, 2.75) is 19.3 Å². The first-order valence-electron chi connectivity index (χ1n) is 13.6. The lowest BCUT2D eigenvalue weighted by atomic mass is 10.0. The average Bonchev–Trinajstić information content (AvgIpc) is 3.36. The zero-order chi connectivity index (χ0) is 31.8. The SMILES string of the molecule is COc1ccc(-c2cc(C(=O)N3CCN(C(=O)c4cc(C(F)(F)F)cc(C(F)(F)F)c4)CC3)c(C)n2-c2ccccc2)cc1. The molecule has 4 aromatic rings. The fourth-order valence-corrected chi connectivity index (χ4v) is 5.25. The summed E-state index contributed by atoms with van der Waals surface area (Å²) < 4.78 is 87.1. The second-order valence-corrected chi connectivity index (χ2v) is 10.3. The molecule has 0 atom stereocenters. The molecule has 0 radical (unpaired) electrons. The molecule has 0 saturated carbocycles. The van der Waals surface area contributed by atoms with Crippen molar-refractivity contribution in [3.63, 3.8) is 0 Å². The number of hydrogen-bond acceptors (Lipinski definition) is 3. The summed E-state index contributed by atoms with van der Waals surface area (Å²) in [6, 6.07) is 19.5. The molecule has 44 heavy (non-hydrogen) atoms. The summed E-state index contributed by atoms with van der Waals surface area (Å²) in [6.07, 6.45) is -10.1. The van der Waals surface area contributed by atoms with Gasteiger partial charge in [-0.25, -0.2) is 0 Å². The summed E-state index contributed by atoms with van der Waals surface area (Å²) in [5.41, 5.74) is -0.297. The molecule has 0 unspecified atom stereocenters. The molecule has 0 spiro atoms. The van der Waals surface area contributed by atoms with E-state index in [1.165, 1.54) is 4.90 Å². The summed E-state index contributed by atoms with van der Waals surface area (Å²) in [6.45, 7) is 1.78. The van der Waals surface area contributed by atoms with E-state index in [0.29, 0.717) is 29.1 Å². The number of amides is 2. The molecular weight excluding hydrogens is 588 g/mol. The van der Waals surface area contributed by atoms with Gasteiger partial charge in [-0.15, -0.1) is 0 Å². The molecule has 6 nitrogen and oxygen atoms in total. The molecule has 230 valence electrons. The molecule has 1 saturated heterocycles. The van der Waals surface area contributed by atoms with Crippen LogP contribution in [0.3, 0.4) is 0 Å². The number of piperazine rings is 1. The third kappa shape index (κ3) is 6.15. The summed E-state index contributed by atoms with van der Waals surface area (Å²) in [7, 11) is 1.56. The minimum atomic E-state index is -5.07. The Morgan fingerprint density at radius 1 is 0.705 bits per heavy atom. The van der Waals surface area contributed by atoms with Gasteiger partial charge < -0.3 is 19.1 Å². The van der Waals surface area contributed by atoms with E-state index in [-0.39, 0.29) is 38.2 Å². The van der Waals surface area contributed by atoms with Crippen molar-refractivity contribution in [1.82, 2.24) is 14.4 Å². The molecule has 5 rings (SSSR count). The summed E-state index contributed by atoms with van der Waals surface area (Å²) in [5.74, 6) is -0.605. The number of alkyl halides is 6. The lowest BCUT2D eigenvalue weighted by Crippen LogP contribution is -2.50. The topological polar surface area (TPSA) is 54.8 Å². The van der Waals surface area contributed by atoms with E-state index in [0.717, 1.165) is 21.8 Å². The van der Waals surface area contributed by atoms with Crippen LogP contribution in [-0.2, 0) is 12.4 Å². The fraction of sp³-hybridized carbons (Fsp3) is 0.250. The van der Waals surface area contributed by atoms with E-state index in [9.17, 15) is 35.9 Å². The van der Waals surface area contributed by atoms with E-state index in [1.807, 2.05) is 66.1 Å². The van der Waals surface area contributed by atoms with Crippen LogP contribution < -0.4 is 4.74 Å². The molecule has 0 bridgehead atoms. The maximum absolute atomic E-state index is 13.7. The van der Waals surface area contributed by atoms with Gasteiger partial charge in [0.15, 0.2) is 0 Å². The lowest BCUT2D eigenvalue weighted by Gasteiger charge is -2.35. The Labute approximate surface area is 249 Å². The van der Waals surface area contributed by atoms with Crippen LogP contribution >= 0.6 is 0 Å². The Kier molecular flexibility index (Phi) is 8.19. The van der Waals surface area contributed by atoms with Gasteiger partial charge in [-0.1, -0.05) is 18.2 Å². The van der Waals surface area contributed by atoms with Crippen molar-refractivity contribution >= 4 is 11.8 Å². The monoisotopic (exact) mass is 615 g/mol. The number of ether oxygens (including phenoxy) is 1. The number of nitrogens with zero attached hydrogens (tertiary/aromatic N) is 3. The predicted octanol–water partition coefficient (Wildman–Crippen LogP) is 7.10. The first-order chi connectivity index (χ1) is 20.8. The number of para-hydroxylation sites is 1. The molecule has 1 fully saturated rings. The number of hydrogen-bond donors (Lipinski definition) is 0. The fourth-order valence-electron chi connectivity index (χ4n) is 5.25. The van der Waals surface area contributed by atoms with Crippen molar-refractivity contribution < 1.29 is 40.7 Å². The molecule has 0 N–H and O–H groups in total. The summed E-state index contributed by atoms with van der Waals surface area (Å²) >= 11 is 0. The molecule has 1 aliphatic heterocycles. The van der Waals surface area contributed by atoms with Gasteiger partial charge in [0.1, 0.15) is 5.75 Å². The minimum Gasteiger partial charge on any atom is -0.497 e. The summed E-state index contributed by atoms with van der Waals surface area (Å²) in [5, 5.41) is 0. The highest BCUT2D eigenvalue weighted by Crippen LogP contribution is 2.37. The molecule has 2 amide bonds. The third-order valence-corrected chi connectivity index (χ3v) is 7.57. The molecule has 0 aliphatic carbocycles. The standard InChI is InChI=1S/C32H27F6N3O3/c1-20-27(19-28(21-8-10-26(44-2)11-9-21)41(20)25-6-4-3-5-7-25)30(43)40-14-12-39(13-15-40)29(42)22-16-23(31(33,34)35)18-24(17-22)32(36,37)38/h3-11,16-19H,12-15H2,1-2H3. The second-order valence-electron chi connectivity index (χ2n) is 10.3. The van der Waals surface area contributed by atoms with E-state index in [1.54, 1.807) is 13.2 Å². The van der Waals surface area contributed by atoms with Gasteiger partial charge in [-0.3, -0.25) is 9.59 Å². The van der Waals surface area contributed by atoms with Crippen molar-refractivity contribution in [2.24, 2.45) is 0 Å². The highest BCUT2D eigenvalue weighted by molar-refractivity contribution is 5.98. The van der Waals surface area contributed by atoms with Crippen LogP contribution in [0.25, 0.3) is 16.9 Å². The van der Waals surface area contributed by atoms with Crippen LogP contribution in [0.15, 0.2) is 78.9 Å². The maximum atomic E-state index is 13.7.